The maximum absolute atomic E-state index is 11.8. The lowest BCUT2D eigenvalue weighted by Gasteiger charge is -2.04. The summed E-state index contributed by atoms with van der Waals surface area (Å²) in [6, 6.07) is 5.54. The molecular formula is C15H19N3O4. The lowest BCUT2D eigenvalue weighted by atomic mass is 10.1. The molecule has 0 atom stereocenters. The Morgan fingerprint density at radius 3 is 2.32 bits per heavy atom. The molecule has 0 heterocycles. The van der Waals surface area contributed by atoms with Crippen LogP contribution in [0.15, 0.2) is 39.9 Å². The van der Waals surface area contributed by atoms with Crippen LogP contribution >= 0.6 is 0 Å². The number of aliphatic hydroxyl groups excluding tert-OH is 1. The zero-order valence-electron chi connectivity index (χ0n) is 13.0. The first-order valence-electron chi connectivity index (χ1n) is 6.71. The molecule has 118 valence electrons. The standard InChI is InChI=1S/C15H19N3O4/c1-5-22-15(21)16-14(20)13(11(4)19)18-17-12-7-9(2)6-10(3)8-12/h6-8,19H,5H2,1-4H3,(H,16,20,21)/b13-11+,18-17?. The van der Waals surface area contributed by atoms with E-state index in [2.05, 4.69) is 15.0 Å². The third-order valence-corrected chi connectivity index (χ3v) is 2.52. The highest BCUT2D eigenvalue weighted by Crippen LogP contribution is 2.19. The van der Waals surface area contributed by atoms with Crippen LogP contribution in [-0.4, -0.2) is 23.7 Å². The predicted molar refractivity (Wildman–Crippen MR) is 80.9 cm³/mol. The summed E-state index contributed by atoms with van der Waals surface area (Å²) in [5, 5.41) is 19.1. The van der Waals surface area contributed by atoms with Crippen LogP contribution in [0, 0.1) is 13.8 Å². The van der Waals surface area contributed by atoms with Crippen LogP contribution < -0.4 is 5.32 Å². The van der Waals surface area contributed by atoms with Gasteiger partial charge in [-0.1, -0.05) is 6.07 Å². The lowest BCUT2D eigenvalue weighted by Crippen LogP contribution is -2.32. The number of nitrogens with zero attached hydrogens (tertiary/aromatic N) is 2. The number of imide groups is 1. The van der Waals surface area contributed by atoms with Gasteiger partial charge in [-0.25, -0.2) is 4.79 Å². The first kappa shape index (κ1) is 17.4. The first-order chi connectivity index (χ1) is 10.3. The highest BCUT2D eigenvalue weighted by atomic mass is 16.5. The van der Waals surface area contributed by atoms with E-state index < -0.39 is 12.0 Å². The van der Waals surface area contributed by atoms with E-state index in [0.717, 1.165) is 11.1 Å². The average Bonchev–Trinajstić information content (AvgIpc) is 2.37. The van der Waals surface area contributed by atoms with Gasteiger partial charge >= 0.3 is 6.09 Å². The van der Waals surface area contributed by atoms with E-state index >= 15 is 0 Å². The van der Waals surface area contributed by atoms with E-state index in [1.165, 1.54) is 6.92 Å². The van der Waals surface area contributed by atoms with Gasteiger partial charge in [-0.15, -0.1) is 5.11 Å². The van der Waals surface area contributed by atoms with Gasteiger partial charge in [0.15, 0.2) is 5.70 Å². The van der Waals surface area contributed by atoms with Gasteiger partial charge in [0.1, 0.15) is 5.76 Å². The highest BCUT2D eigenvalue weighted by Gasteiger charge is 2.16. The van der Waals surface area contributed by atoms with Crippen LogP contribution in [0.4, 0.5) is 10.5 Å². The van der Waals surface area contributed by atoms with Crippen molar-refractivity contribution in [2.45, 2.75) is 27.7 Å². The van der Waals surface area contributed by atoms with Gasteiger partial charge in [-0.3, -0.25) is 10.1 Å². The first-order valence-corrected chi connectivity index (χ1v) is 6.71. The number of ether oxygens (including phenoxy) is 1. The molecule has 7 nitrogen and oxygen atoms in total. The molecule has 0 aliphatic carbocycles. The molecule has 0 saturated carbocycles. The van der Waals surface area contributed by atoms with Crippen LogP contribution in [0.3, 0.4) is 0 Å². The van der Waals surface area contributed by atoms with Crippen molar-refractivity contribution in [2.24, 2.45) is 10.2 Å². The second kappa shape index (κ2) is 7.92. The average molecular weight is 305 g/mol. The quantitative estimate of drug-likeness (QED) is 0.505. The minimum Gasteiger partial charge on any atom is -0.510 e. The minimum atomic E-state index is -0.909. The van der Waals surface area contributed by atoms with Gasteiger partial charge in [0.2, 0.25) is 0 Å². The van der Waals surface area contributed by atoms with Gasteiger partial charge in [0.05, 0.1) is 12.3 Å². The van der Waals surface area contributed by atoms with Gasteiger partial charge in [0, 0.05) is 0 Å². The summed E-state index contributed by atoms with van der Waals surface area (Å²) in [4.78, 5) is 23.1. The smallest absolute Gasteiger partial charge is 0.414 e. The number of carbonyl (C=O) groups is 2. The zero-order valence-corrected chi connectivity index (χ0v) is 13.0. The fourth-order valence-corrected chi connectivity index (χ4v) is 1.72. The van der Waals surface area contributed by atoms with Crippen LogP contribution in [0.5, 0.6) is 0 Å². The fourth-order valence-electron chi connectivity index (χ4n) is 1.72. The van der Waals surface area contributed by atoms with Gasteiger partial charge in [-0.05, 0) is 51.0 Å². The van der Waals surface area contributed by atoms with Crippen LogP contribution in [0.1, 0.15) is 25.0 Å². The predicted octanol–water partition coefficient (Wildman–Crippen LogP) is 3.45. The number of hydrogen-bond acceptors (Lipinski definition) is 6. The molecule has 2 N–H and O–H groups in total. The number of aliphatic hydroxyl groups is 1. The number of alkyl carbamates (subject to hydrolysis) is 1. The van der Waals surface area contributed by atoms with Crippen molar-refractivity contribution in [3.63, 3.8) is 0 Å². The van der Waals surface area contributed by atoms with E-state index in [1.54, 1.807) is 19.1 Å². The zero-order chi connectivity index (χ0) is 16.7. The van der Waals surface area contributed by atoms with Crippen molar-refractivity contribution in [1.29, 1.82) is 0 Å². The molecule has 0 radical (unpaired) electrons. The summed E-state index contributed by atoms with van der Waals surface area (Å²) >= 11 is 0. The van der Waals surface area contributed by atoms with Gasteiger partial charge < -0.3 is 9.84 Å². The number of hydrogen-bond donors (Lipinski definition) is 2. The number of nitrogens with one attached hydrogen (secondary N) is 1. The molecule has 1 aromatic carbocycles. The number of azo groups is 1. The molecule has 0 aromatic heterocycles. The number of carbonyl (C=O) groups excluding carboxylic acids is 2. The van der Waals surface area contributed by atoms with Crippen molar-refractivity contribution in [3.8, 4) is 0 Å². The fraction of sp³-hybridized carbons (Fsp3) is 0.333. The summed E-state index contributed by atoms with van der Waals surface area (Å²) in [6.45, 7) is 6.83. The molecule has 0 bridgehead atoms. The molecule has 0 aliphatic rings. The summed E-state index contributed by atoms with van der Waals surface area (Å²) in [5.41, 5.74) is 2.18. The van der Waals surface area contributed by atoms with Gasteiger partial charge in [-0.2, -0.15) is 5.11 Å². The Balaban J connectivity index is 2.93. The lowest BCUT2D eigenvalue weighted by molar-refractivity contribution is -0.117. The third-order valence-electron chi connectivity index (χ3n) is 2.52. The SMILES string of the molecule is CCOC(=O)NC(=O)/C(N=Nc1cc(C)cc(C)c1)=C(/C)O. The molecule has 0 saturated heterocycles. The Morgan fingerprint density at radius 2 is 1.82 bits per heavy atom. The van der Waals surface area contributed by atoms with Crippen LogP contribution in [-0.2, 0) is 9.53 Å². The molecule has 1 rings (SSSR count). The maximum atomic E-state index is 11.8. The largest absolute Gasteiger partial charge is 0.510 e. The van der Waals surface area contributed by atoms with E-state index in [0.29, 0.717) is 5.69 Å². The summed E-state index contributed by atoms with van der Waals surface area (Å²) < 4.78 is 4.59. The van der Waals surface area contributed by atoms with Crippen LogP contribution in [0.25, 0.3) is 0 Å². The van der Waals surface area contributed by atoms with Crippen molar-refractivity contribution in [1.82, 2.24) is 5.32 Å². The second-order valence-electron chi connectivity index (χ2n) is 4.65. The van der Waals surface area contributed by atoms with E-state index in [9.17, 15) is 14.7 Å². The molecule has 0 spiro atoms. The van der Waals surface area contributed by atoms with E-state index in [4.69, 9.17) is 0 Å². The van der Waals surface area contributed by atoms with E-state index in [1.807, 2.05) is 25.2 Å². The third kappa shape index (κ3) is 5.35. The Morgan fingerprint density at radius 1 is 1.23 bits per heavy atom. The van der Waals surface area contributed by atoms with Crippen molar-refractivity contribution < 1.29 is 19.4 Å². The van der Waals surface area contributed by atoms with E-state index in [-0.39, 0.29) is 18.1 Å². The molecular weight excluding hydrogens is 286 g/mol. The molecule has 7 heteroatoms. The highest BCUT2D eigenvalue weighted by molar-refractivity contribution is 6.02. The summed E-state index contributed by atoms with van der Waals surface area (Å²) in [7, 11) is 0. The summed E-state index contributed by atoms with van der Waals surface area (Å²) in [5.74, 6) is -1.23. The number of aryl methyl sites for hydroxylation is 2. The molecule has 2 amide bonds. The molecule has 0 unspecified atom stereocenters. The van der Waals surface area contributed by atoms with Crippen molar-refractivity contribution in [3.05, 3.63) is 40.8 Å². The Hall–Kier alpha value is -2.70. The number of benzene rings is 1. The minimum absolute atomic E-state index is 0.125. The van der Waals surface area contributed by atoms with Crippen molar-refractivity contribution in [2.75, 3.05) is 6.61 Å². The van der Waals surface area contributed by atoms with Crippen molar-refractivity contribution >= 4 is 17.7 Å². The maximum Gasteiger partial charge on any atom is 0.414 e. The summed E-state index contributed by atoms with van der Waals surface area (Å²) in [6.07, 6.45) is -0.909. The molecule has 22 heavy (non-hydrogen) atoms. The molecule has 0 fully saturated rings. The number of amides is 2. The van der Waals surface area contributed by atoms with Crippen LogP contribution in [0.2, 0.25) is 0 Å². The Labute approximate surface area is 128 Å². The normalized spacial score (nSPS) is 12.0. The molecule has 0 aliphatic heterocycles. The monoisotopic (exact) mass is 305 g/mol. The topological polar surface area (TPSA) is 100 Å². The Bertz CT molecular complexity index is 611. The Kier molecular flexibility index (Phi) is 6.25. The second-order valence-corrected chi connectivity index (χ2v) is 4.65. The molecule has 1 aromatic rings. The number of allylic oxidation sites excluding steroid dienone is 1. The number of rotatable bonds is 4. The van der Waals surface area contributed by atoms with Gasteiger partial charge in [0.25, 0.3) is 5.91 Å².